The van der Waals surface area contributed by atoms with Crippen molar-refractivity contribution in [3.05, 3.63) is 0 Å². The van der Waals surface area contributed by atoms with Gasteiger partial charge in [0.15, 0.2) is 0 Å². The Morgan fingerprint density at radius 1 is 0.933 bits per heavy atom. The fourth-order valence-electron chi connectivity index (χ4n) is 0.756. The van der Waals surface area contributed by atoms with Crippen LogP contribution in [0.5, 0.6) is 0 Å². The van der Waals surface area contributed by atoms with E-state index in [0.717, 1.165) is 5.33 Å². The van der Waals surface area contributed by atoms with Crippen LogP contribution in [0.1, 0.15) is 6.42 Å². The summed E-state index contributed by atoms with van der Waals surface area (Å²) in [6, 6.07) is 0. The van der Waals surface area contributed by atoms with E-state index in [1.54, 1.807) is 0 Å². The predicted octanol–water partition coefficient (Wildman–Crippen LogP) is 0.906. The van der Waals surface area contributed by atoms with Crippen LogP contribution < -0.4 is 0 Å². The molecule has 0 aromatic rings. The first-order valence-corrected chi connectivity index (χ1v) is 5.90. The van der Waals surface area contributed by atoms with Crippen LogP contribution in [-0.2, 0) is 19.0 Å². The Hall–Kier alpha value is -0.170. The second kappa shape index (κ2) is 11.9. The number of carbonyl (C=O) groups is 1. The quantitative estimate of drug-likeness (QED) is 0.451. The average Bonchev–Trinajstić information content (AvgIpc) is 2.20. The molecule has 1 N–H and O–H groups in total. The van der Waals surface area contributed by atoms with Gasteiger partial charge in [-0.2, -0.15) is 0 Å². The van der Waals surface area contributed by atoms with Crippen LogP contribution in [0.15, 0.2) is 0 Å². The summed E-state index contributed by atoms with van der Waals surface area (Å²) in [6.07, 6.45) is 0.0361. The van der Waals surface area contributed by atoms with Gasteiger partial charge in [0.2, 0.25) is 0 Å². The van der Waals surface area contributed by atoms with Crippen LogP contribution in [0.4, 0.5) is 0 Å². The molecule has 0 aliphatic carbocycles. The molecule has 0 saturated heterocycles. The Balaban J connectivity index is 2.89. The largest absolute Gasteiger partial charge is 0.481 e. The highest BCUT2D eigenvalue weighted by atomic mass is 79.9. The third-order valence-corrected chi connectivity index (χ3v) is 1.75. The minimum Gasteiger partial charge on any atom is -0.481 e. The molecular weight excluding hydrogens is 268 g/mol. The van der Waals surface area contributed by atoms with E-state index >= 15 is 0 Å². The third kappa shape index (κ3) is 13.8. The molecule has 6 heteroatoms. The lowest BCUT2D eigenvalue weighted by molar-refractivity contribution is -0.138. The van der Waals surface area contributed by atoms with Crippen molar-refractivity contribution in [3.63, 3.8) is 0 Å². The number of carboxylic acids is 1. The smallest absolute Gasteiger partial charge is 0.305 e. The number of rotatable bonds is 11. The maximum absolute atomic E-state index is 10.1. The van der Waals surface area contributed by atoms with Crippen LogP contribution in [0.2, 0.25) is 0 Å². The van der Waals surface area contributed by atoms with E-state index in [0.29, 0.717) is 33.0 Å². The van der Waals surface area contributed by atoms with Gasteiger partial charge in [0.25, 0.3) is 0 Å². The van der Waals surface area contributed by atoms with Crippen LogP contribution in [0, 0.1) is 0 Å². The van der Waals surface area contributed by atoms with Gasteiger partial charge in [0, 0.05) is 5.33 Å². The summed E-state index contributed by atoms with van der Waals surface area (Å²) in [5.74, 6) is -0.848. The van der Waals surface area contributed by atoms with E-state index in [2.05, 4.69) is 15.9 Å². The van der Waals surface area contributed by atoms with Gasteiger partial charge in [-0.25, -0.2) is 0 Å². The number of aliphatic carboxylic acids is 1. The van der Waals surface area contributed by atoms with Crippen molar-refractivity contribution in [2.75, 3.05) is 45.0 Å². The average molecular weight is 285 g/mol. The van der Waals surface area contributed by atoms with Crippen molar-refractivity contribution in [2.45, 2.75) is 6.42 Å². The lowest BCUT2D eigenvalue weighted by atomic mass is 10.5. The maximum Gasteiger partial charge on any atom is 0.305 e. The number of hydrogen-bond acceptors (Lipinski definition) is 4. The third-order valence-electron chi connectivity index (χ3n) is 1.43. The Morgan fingerprint density at radius 3 is 1.87 bits per heavy atom. The molecule has 0 aromatic heterocycles. The normalized spacial score (nSPS) is 10.5. The highest BCUT2D eigenvalue weighted by Gasteiger charge is 1.95. The standard InChI is InChI=1S/C9H17BrO5/c10-2-4-14-6-8-15-7-5-13-3-1-9(11)12/h1-8H2,(H,11,12). The molecule has 0 heterocycles. The minimum atomic E-state index is -0.848. The maximum atomic E-state index is 10.1. The van der Waals surface area contributed by atoms with E-state index in [4.69, 9.17) is 19.3 Å². The Bertz CT molecular complexity index is 153. The molecule has 0 atom stereocenters. The number of hydrogen-bond donors (Lipinski definition) is 1. The van der Waals surface area contributed by atoms with Crippen molar-refractivity contribution in [2.24, 2.45) is 0 Å². The lowest BCUT2D eigenvalue weighted by Gasteiger charge is -2.05. The molecule has 5 nitrogen and oxygen atoms in total. The molecule has 0 saturated carbocycles. The second-order valence-corrected chi connectivity index (χ2v) is 3.46. The molecule has 0 aliphatic heterocycles. The molecule has 0 aliphatic rings. The SMILES string of the molecule is O=C(O)CCOCCOCCOCCBr. The summed E-state index contributed by atoms with van der Waals surface area (Å²) in [6.45, 7) is 2.91. The van der Waals surface area contributed by atoms with Crippen molar-refractivity contribution >= 4 is 21.9 Å². The summed E-state index contributed by atoms with van der Waals surface area (Å²) in [7, 11) is 0. The number of carboxylic acid groups (broad SMARTS) is 1. The first-order valence-electron chi connectivity index (χ1n) is 4.78. The van der Waals surface area contributed by atoms with Crippen LogP contribution in [0.3, 0.4) is 0 Å². The van der Waals surface area contributed by atoms with Gasteiger partial charge in [-0.3, -0.25) is 4.79 Å². The first-order chi connectivity index (χ1) is 7.27. The number of halogens is 1. The Morgan fingerprint density at radius 2 is 1.40 bits per heavy atom. The van der Waals surface area contributed by atoms with Gasteiger partial charge in [-0.1, -0.05) is 15.9 Å². The molecule has 0 radical (unpaired) electrons. The Labute approximate surface area is 97.8 Å². The predicted molar refractivity (Wildman–Crippen MR) is 58.5 cm³/mol. The van der Waals surface area contributed by atoms with Crippen LogP contribution in [-0.4, -0.2) is 56.0 Å². The zero-order valence-electron chi connectivity index (χ0n) is 8.62. The van der Waals surface area contributed by atoms with Crippen molar-refractivity contribution < 1.29 is 24.1 Å². The summed E-state index contributed by atoms with van der Waals surface area (Å²) >= 11 is 3.24. The number of alkyl halides is 1. The second-order valence-electron chi connectivity index (χ2n) is 2.67. The molecule has 15 heavy (non-hydrogen) atoms. The van der Waals surface area contributed by atoms with Crippen molar-refractivity contribution in [1.82, 2.24) is 0 Å². The monoisotopic (exact) mass is 284 g/mol. The van der Waals surface area contributed by atoms with Gasteiger partial charge in [-0.05, 0) is 0 Å². The summed E-state index contributed by atoms with van der Waals surface area (Å²) < 4.78 is 15.3. The van der Waals surface area contributed by atoms with Crippen molar-refractivity contribution in [3.8, 4) is 0 Å². The van der Waals surface area contributed by atoms with E-state index in [1.165, 1.54) is 0 Å². The van der Waals surface area contributed by atoms with E-state index < -0.39 is 5.97 Å². The zero-order chi connectivity index (χ0) is 11.4. The summed E-state index contributed by atoms with van der Waals surface area (Å²) in [5.41, 5.74) is 0. The van der Waals surface area contributed by atoms with Gasteiger partial charge >= 0.3 is 5.97 Å². The summed E-state index contributed by atoms with van der Waals surface area (Å²) in [5, 5.41) is 9.13. The molecule has 0 rings (SSSR count). The molecule has 0 spiro atoms. The van der Waals surface area contributed by atoms with Crippen LogP contribution >= 0.6 is 15.9 Å². The van der Waals surface area contributed by atoms with Gasteiger partial charge in [-0.15, -0.1) is 0 Å². The fourth-order valence-corrected chi connectivity index (χ4v) is 0.985. The minimum absolute atomic E-state index is 0.0361. The molecule has 0 amide bonds. The highest BCUT2D eigenvalue weighted by Crippen LogP contribution is 1.85. The molecule has 0 bridgehead atoms. The van der Waals surface area contributed by atoms with Crippen LogP contribution in [0.25, 0.3) is 0 Å². The van der Waals surface area contributed by atoms with E-state index in [-0.39, 0.29) is 13.0 Å². The zero-order valence-corrected chi connectivity index (χ0v) is 10.2. The van der Waals surface area contributed by atoms with Gasteiger partial charge in [0.05, 0.1) is 46.1 Å². The topological polar surface area (TPSA) is 65.0 Å². The van der Waals surface area contributed by atoms with E-state index in [9.17, 15) is 4.79 Å². The Kier molecular flexibility index (Phi) is 11.8. The molecule has 0 unspecified atom stereocenters. The van der Waals surface area contributed by atoms with Gasteiger partial charge < -0.3 is 19.3 Å². The number of ether oxygens (including phenoxy) is 3. The molecule has 0 aromatic carbocycles. The first kappa shape index (κ1) is 14.8. The molecule has 90 valence electrons. The lowest BCUT2D eigenvalue weighted by Crippen LogP contribution is -2.11. The summed E-state index contributed by atoms with van der Waals surface area (Å²) in [4.78, 5) is 10.1. The van der Waals surface area contributed by atoms with E-state index in [1.807, 2.05) is 0 Å². The molecular formula is C9H17BrO5. The van der Waals surface area contributed by atoms with Crippen molar-refractivity contribution in [1.29, 1.82) is 0 Å². The molecule has 0 fully saturated rings. The fraction of sp³-hybridized carbons (Fsp3) is 0.889. The highest BCUT2D eigenvalue weighted by molar-refractivity contribution is 9.09. The van der Waals surface area contributed by atoms with Gasteiger partial charge in [0.1, 0.15) is 0 Å².